The Morgan fingerprint density at radius 3 is 2.58 bits per heavy atom. The van der Waals surface area contributed by atoms with E-state index in [9.17, 15) is 9.90 Å². The zero-order valence-electron chi connectivity index (χ0n) is 14.6. The lowest BCUT2D eigenvalue weighted by molar-refractivity contribution is -0.136. The van der Waals surface area contributed by atoms with Gasteiger partial charge in [-0.25, -0.2) is 0 Å². The van der Waals surface area contributed by atoms with Crippen LogP contribution in [-0.4, -0.2) is 29.3 Å². The Kier molecular flexibility index (Phi) is 5.38. The number of aliphatic carboxylic acids is 1. The van der Waals surface area contributed by atoms with Gasteiger partial charge in [0, 0.05) is 21.5 Å². The van der Waals surface area contributed by atoms with E-state index in [4.69, 9.17) is 21.1 Å². The van der Waals surface area contributed by atoms with E-state index in [0.29, 0.717) is 41.0 Å². The van der Waals surface area contributed by atoms with Gasteiger partial charge in [-0.2, -0.15) is 0 Å². The molecule has 0 atom stereocenters. The zero-order chi connectivity index (χ0) is 18.7. The van der Waals surface area contributed by atoms with Gasteiger partial charge in [-0.3, -0.25) is 4.79 Å². The van der Waals surface area contributed by atoms with E-state index in [-0.39, 0.29) is 6.42 Å². The SMILES string of the molecule is CCOc1ccc2[nH]c(-c3cc(Cl)ccc3OCC)c(CC(=O)O)c2c1. The van der Waals surface area contributed by atoms with Crippen molar-refractivity contribution in [2.45, 2.75) is 20.3 Å². The second kappa shape index (κ2) is 7.70. The molecule has 0 spiro atoms. The highest BCUT2D eigenvalue weighted by atomic mass is 35.5. The number of aromatic nitrogens is 1. The van der Waals surface area contributed by atoms with E-state index < -0.39 is 5.97 Å². The van der Waals surface area contributed by atoms with Crippen LogP contribution in [0.25, 0.3) is 22.2 Å². The van der Waals surface area contributed by atoms with Gasteiger partial charge in [-0.05, 0) is 55.8 Å². The normalized spacial score (nSPS) is 10.9. The minimum absolute atomic E-state index is 0.122. The molecule has 0 unspecified atom stereocenters. The maximum absolute atomic E-state index is 11.5. The molecule has 0 aliphatic rings. The molecule has 0 aliphatic heterocycles. The van der Waals surface area contributed by atoms with Gasteiger partial charge >= 0.3 is 5.97 Å². The first-order valence-electron chi connectivity index (χ1n) is 8.45. The van der Waals surface area contributed by atoms with Crippen LogP contribution >= 0.6 is 11.6 Å². The van der Waals surface area contributed by atoms with Crippen LogP contribution < -0.4 is 9.47 Å². The molecular weight excluding hydrogens is 354 g/mol. The van der Waals surface area contributed by atoms with Crippen LogP contribution in [0, 0.1) is 0 Å². The highest BCUT2D eigenvalue weighted by Gasteiger charge is 2.19. The van der Waals surface area contributed by atoms with Crippen molar-refractivity contribution < 1.29 is 19.4 Å². The van der Waals surface area contributed by atoms with Crippen molar-refractivity contribution in [3.05, 3.63) is 47.0 Å². The first kappa shape index (κ1) is 18.1. The zero-order valence-corrected chi connectivity index (χ0v) is 15.4. The number of ether oxygens (including phenoxy) is 2. The molecule has 3 aromatic rings. The summed E-state index contributed by atoms with van der Waals surface area (Å²) in [5.41, 5.74) is 2.95. The Bertz CT molecular complexity index is 948. The molecule has 1 heterocycles. The predicted molar refractivity (Wildman–Crippen MR) is 102 cm³/mol. The Morgan fingerprint density at radius 2 is 1.88 bits per heavy atom. The Morgan fingerprint density at radius 1 is 1.12 bits per heavy atom. The summed E-state index contributed by atoms with van der Waals surface area (Å²) in [6.07, 6.45) is -0.122. The molecule has 0 fully saturated rings. The van der Waals surface area contributed by atoms with Crippen LogP contribution in [0.4, 0.5) is 0 Å². The second-order valence-electron chi connectivity index (χ2n) is 5.76. The van der Waals surface area contributed by atoms with Crippen LogP contribution in [0.2, 0.25) is 5.02 Å². The summed E-state index contributed by atoms with van der Waals surface area (Å²) in [6, 6.07) is 10.9. The molecular formula is C20H20ClNO4. The van der Waals surface area contributed by atoms with Gasteiger partial charge in [-0.1, -0.05) is 11.6 Å². The smallest absolute Gasteiger partial charge is 0.307 e. The lowest BCUT2D eigenvalue weighted by atomic mass is 10.0. The largest absolute Gasteiger partial charge is 0.494 e. The van der Waals surface area contributed by atoms with Gasteiger partial charge in [0.15, 0.2) is 0 Å². The molecule has 0 radical (unpaired) electrons. The van der Waals surface area contributed by atoms with Crippen LogP contribution in [0.5, 0.6) is 11.5 Å². The fraction of sp³-hybridized carbons (Fsp3) is 0.250. The Hall–Kier alpha value is -2.66. The maximum atomic E-state index is 11.5. The van der Waals surface area contributed by atoms with Gasteiger partial charge in [0.1, 0.15) is 11.5 Å². The van der Waals surface area contributed by atoms with Gasteiger partial charge in [0.25, 0.3) is 0 Å². The molecule has 3 rings (SSSR count). The number of carbonyl (C=O) groups is 1. The second-order valence-corrected chi connectivity index (χ2v) is 6.20. The summed E-state index contributed by atoms with van der Waals surface area (Å²) < 4.78 is 11.3. The number of halogens is 1. The van der Waals surface area contributed by atoms with Crippen LogP contribution in [-0.2, 0) is 11.2 Å². The molecule has 0 saturated carbocycles. The third kappa shape index (κ3) is 3.63. The average Bonchev–Trinajstić information content (AvgIpc) is 2.94. The summed E-state index contributed by atoms with van der Waals surface area (Å²) in [4.78, 5) is 14.8. The van der Waals surface area contributed by atoms with Gasteiger partial charge in [0.05, 0.1) is 25.3 Å². The number of rotatable bonds is 7. The van der Waals surface area contributed by atoms with Crippen molar-refractivity contribution in [1.82, 2.24) is 4.98 Å². The predicted octanol–water partition coefficient (Wildman–Crippen LogP) is 4.91. The van der Waals surface area contributed by atoms with Gasteiger partial charge in [-0.15, -0.1) is 0 Å². The Labute approximate surface area is 156 Å². The highest BCUT2D eigenvalue weighted by molar-refractivity contribution is 6.31. The first-order valence-corrected chi connectivity index (χ1v) is 8.83. The lowest BCUT2D eigenvalue weighted by Gasteiger charge is -2.11. The molecule has 0 amide bonds. The molecule has 5 nitrogen and oxygen atoms in total. The van der Waals surface area contributed by atoms with Crippen LogP contribution in [0.15, 0.2) is 36.4 Å². The maximum Gasteiger partial charge on any atom is 0.307 e. The number of H-pyrrole nitrogens is 1. The first-order chi connectivity index (χ1) is 12.5. The standard InChI is InChI=1S/C20H20ClNO4/c1-3-25-13-6-7-17-14(10-13)15(11-19(23)24)20(22-17)16-9-12(21)5-8-18(16)26-4-2/h5-10,22H,3-4,11H2,1-2H3,(H,23,24). The van der Waals surface area contributed by atoms with Crippen molar-refractivity contribution in [3.8, 4) is 22.8 Å². The van der Waals surface area contributed by atoms with Crippen LogP contribution in [0.1, 0.15) is 19.4 Å². The summed E-state index contributed by atoms with van der Waals surface area (Å²) in [6.45, 7) is 4.85. The van der Waals surface area contributed by atoms with E-state index in [2.05, 4.69) is 4.98 Å². The number of benzene rings is 2. The molecule has 136 valence electrons. The van der Waals surface area contributed by atoms with E-state index in [1.807, 2.05) is 32.0 Å². The third-order valence-corrected chi connectivity index (χ3v) is 4.26. The van der Waals surface area contributed by atoms with E-state index in [1.54, 1.807) is 18.2 Å². The van der Waals surface area contributed by atoms with Gasteiger partial charge in [0.2, 0.25) is 0 Å². The summed E-state index contributed by atoms with van der Waals surface area (Å²) >= 11 is 6.18. The number of aromatic amines is 1. The highest BCUT2D eigenvalue weighted by Crippen LogP contribution is 2.38. The number of nitrogens with one attached hydrogen (secondary N) is 1. The number of hydrogen-bond acceptors (Lipinski definition) is 3. The Balaban J connectivity index is 2.25. The van der Waals surface area contributed by atoms with Crippen molar-refractivity contribution in [2.24, 2.45) is 0 Å². The lowest BCUT2D eigenvalue weighted by Crippen LogP contribution is -2.02. The fourth-order valence-corrected chi connectivity index (χ4v) is 3.20. The van der Waals surface area contributed by atoms with Crippen molar-refractivity contribution in [3.63, 3.8) is 0 Å². The number of carboxylic acids is 1. The van der Waals surface area contributed by atoms with Crippen LogP contribution in [0.3, 0.4) is 0 Å². The molecule has 0 aliphatic carbocycles. The van der Waals surface area contributed by atoms with E-state index in [1.165, 1.54) is 0 Å². The molecule has 0 saturated heterocycles. The number of hydrogen-bond donors (Lipinski definition) is 2. The molecule has 2 aromatic carbocycles. The monoisotopic (exact) mass is 373 g/mol. The fourth-order valence-electron chi connectivity index (χ4n) is 3.03. The summed E-state index contributed by atoms with van der Waals surface area (Å²) in [7, 11) is 0. The number of fused-ring (bicyclic) bond motifs is 1. The average molecular weight is 374 g/mol. The topological polar surface area (TPSA) is 71.5 Å². The van der Waals surface area contributed by atoms with E-state index in [0.717, 1.165) is 16.5 Å². The summed E-state index contributed by atoms with van der Waals surface area (Å²) in [5, 5.41) is 10.8. The van der Waals surface area contributed by atoms with Gasteiger partial charge < -0.3 is 19.6 Å². The minimum atomic E-state index is -0.908. The third-order valence-electron chi connectivity index (χ3n) is 4.03. The summed E-state index contributed by atoms with van der Waals surface area (Å²) in [5.74, 6) is 0.447. The minimum Gasteiger partial charge on any atom is -0.494 e. The quantitative estimate of drug-likeness (QED) is 0.617. The van der Waals surface area contributed by atoms with Crippen molar-refractivity contribution >= 4 is 28.5 Å². The van der Waals surface area contributed by atoms with Crippen molar-refractivity contribution in [2.75, 3.05) is 13.2 Å². The molecule has 0 bridgehead atoms. The molecule has 2 N–H and O–H groups in total. The van der Waals surface area contributed by atoms with E-state index >= 15 is 0 Å². The molecule has 6 heteroatoms. The van der Waals surface area contributed by atoms with Crippen molar-refractivity contribution in [1.29, 1.82) is 0 Å². The molecule has 1 aromatic heterocycles. The molecule has 26 heavy (non-hydrogen) atoms. The number of carboxylic acid groups (broad SMARTS) is 1.